The summed E-state index contributed by atoms with van der Waals surface area (Å²) in [5.41, 5.74) is -0.218. The lowest BCUT2D eigenvalue weighted by Crippen LogP contribution is -1.97. The fraction of sp³-hybridized carbons (Fsp3) is 0.125. The lowest BCUT2D eigenvalue weighted by Gasteiger charge is -2.04. The molecule has 1 N–H and O–H groups in total. The average molecular weight is 187 g/mol. The Morgan fingerprint density at radius 3 is 2.69 bits per heavy atom. The van der Waals surface area contributed by atoms with E-state index in [1.165, 1.54) is 13.2 Å². The Bertz CT molecular complexity index is 339. The van der Waals surface area contributed by atoms with E-state index in [9.17, 15) is 8.78 Å². The Morgan fingerprint density at radius 2 is 2.15 bits per heavy atom. The number of oxime groups is 1. The van der Waals surface area contributed by atoms with Crippen LogP contribution in [0, 0.1) is 11.6 Å². The van der Waals surface area contributed by atoms with Gasteiger partial charge in [-0.05, 0) is 12.1 Å². The number of halogens is 2. The predicted octanol–water partition coefficient (Wildman–Crippen LogP) is 1.78. The highest BCUT2D eigenvalue weighted by Gasteiger charge is 2.12. The maximum atomic E-state index is 13.0. The molecule has 0 spiro atoms. The van der Waals surface area contributed by atoms with Gasteiger partial charge in [-0.15, -0.1) is 0 Å². The molecule has 70 valence electrons. The molecule has 1 aromatic carbocycles. The maximum Gasteiger partial charge on any atom is 0.171 e. The van der Waals surface area contributed by atoms with Gasteiger partial charge in [0, 0.05) is 0 Å². The van der Waals surface area contributed by atoms with Crippen LogP contribution >= 0.6 is 0 Å². The minimum atomic E-state index is -1.10. The normalized spacial score (nSPS) is 10.7. The molecule has 0 aliphatic rings. The van der Waals surface area contributed by atoms with Gasteiger partial charge in [-0.3, -0.25) is 0 Å². The Kier molecular flexibility index (Phi) is 2.79. The molecule has 0 amide bonds. The molecule has 0 radical (unpaired) electrons. The van der Waals surface area contributed by atoms with Gasteiger partial charge in [0.15, 0.2) is 11.6 Å². The molecule has 0 aliphatic heterocycles. The van der Waals surface area contributed by atoms with E-state index in [1.54, 1.807) is 0 Å². The summed E-state index contributed by atoms with van der Waals surface area (Å²) < 4.78 is 30.3. The number of nitrogens with zero attached hydrogens (tertiary/aromatic N) is 1. The summed E-state index contributed by atoms with van der Waals surface area (Å²) in [6.45, 7) is 0. The largest absolute Gasteiger partial charge is 0.496 e. The van der Waals surface area contributed by atoms with Crippen LogP contribution in [0.5, 0.6) is 5.75 Å². The Morgan fingerprint density at radius 1 is 1.46 bits per heavy atom. The van der Waals surface area contributed by atoms with E-state index < -0.39 is 11.6 Å². The van der Waals surface area contributed by atoms with Gasteiger partial charge in [-0.25, -0.2) is 8.78 Å². The first kappa shape index (κ1) is 9.44. The van der Waals surface area contributed by atoms with Crippen molar-refractivity contribution in [2.45, 2.75) is 0 Å². The van der Waals surface area contributed by atoms with E-state index in [2.05, 4.69) is 5.16 Å². The second-order valence-electron chi connectivity index (χ2n) is 2.22. The molecular formula is C8H7F2NO2. The lowest BCUT2D eigenvalue weighted by molar-refractivity contribution is 0.321. The Balaban J connectivity index is 3.32. The standard InChI is InChI=1S/C8H7F2NO2/c1-13-7-3-2-6(9)8(10)5(7)4-11-12/h2-4,12H,1H3/b11-4-. The van der Waals surface area contributed by atoms with Gasteiger partial charge in [0.25, 0.3) is 0 Å². The third-order valence-electron chi connectivity index (χ3n) is 1.50. The average Bonchev–Trinajstić information content (AvgIpc) is 2.14. The first-order chi connectivity index (χ1) is 6.20. The van der Waals surface area contributed by atoms with Crippen molar-refractivity contribution in [3.05, 3.63) is 29.3 Å². The van der Waals surface area contributed by atoms with Crippen LogP contribution in [0.2, 0.25) is 0 Å². The Labute approximate surface area is 73.2 Å². The molecule has 0 saturated carbocycles. The highest BCUT2D eigenvalue weighted by Crippen LogP contribution is 2.21. The van der Waals surface area contributed by atoms with Crippen LogP contribution in [0.25, 0.3) is 0 Å². The quantitative estimate of drug-likeness (QED) is 0.435. The van der Waals surface area contributed by atoms with Crippen molar-refractivity contribution in [3.63, 3.8) is 0 Å². The molecule has 1 rings (SSSR count). The van der Waals surface area contributed by atoms with Crippen molar-refractivity contribution in [2.24, 2.45) is 5.16 Å². The van der Waals surface area contributed by atoms with Crippen LogP contribution in [0.3, 0.4) is 0 Å². The first-order valence-corrected chi connectivity index (χ1v) is 3.40. The summed E-state index contributed by atoms with van der Waals surface area (Å²) in [5.74, 6) is -2.01. The zero-order valence-corrected chi connectivity index (χ0v) is 6.79. The van der Waals surface area contributed by atoms with Crippen molar-refractivity contribution in [2.75, 3.05) is 7.11 Å². The van der Waals surface area contributed by atoms with Gasteiger partial charge in [0.2, 0.25) is 0 Å². The third kappa shape index (κ3) is 1.74. The van der Waals surface area contributed by atoms with E-state index in [-0.39, 0.29) is 11.3 Å². The van der Waals surface area contributed by atoms with Crippen molar-refractivity contribution < 1.29 is 18.7 Å². The van der Waals surface area contributed by atoms with E-state index in [0.29, 0.717) is 0 Å². The summed E-state index contributed by atoms with van der Waals surface area (Å²) in [6, 6.07) is 2.18. The van der Waals surface area contributed by atoms with E-state index >= 15 is 0 Å². The van der Waals surface area contributed by atoms with Crippen LogP contribution in [0.1, 0.15) is 5.56 Å². The molecule has 0 heterocycles. The van der Waals surface area contributed by atoms with Crippen LogP contribution in [-0.4, -0.2) is 18.5 Å². The predicted molar refractivity (Wildman–Crippen MR) is 42.3 cm³/mol. The second-order valence-corrected chi connectivity index (χ2v) is 2.22. The molecule has 0 fully saturated rings. The zero-order valence-electron chi connectivity index (χ0n) is 6.79. The number of rotatable bonds is 2. The number of hydrogen-bond acceptors (Lipinski definition) is 3. The first-order valence-electron chi connectivity index (χ1n) is 3.40. The minimum absolute atomic E-state index is 0.108. The summed E-state index contributed by atoms with van der Waals surface area (Å²) in [4.78, 5) is 0. The second kappa shape index (κ2) is 3.84. The molecule has 13 heavy (non-hydrogen) atoms. The molecule has 0 unspecified atom stereocenters. The van der Waals surface area contributed by atoms with Gasteiger partial charge in [0.05, 0.1) is 18.9 Å². The Hall–Kier alpha value is -1.65. The number of hydrogen-bond donors (Lipinski definition) is 1. The number of benzene rings is 1. The van der Waals surface area contributed by atoms with Crippen LogP contribution in [-0.2, 0) is 0 Å². The fourth-order valence-electron chi connectivity index (χ4n) is 0.905. The molecule has 0 aromatic heterocycles. The van der Waals surface area contributed by atoms with Gasteiger partial charge >= 0.3 is 0 Å². The molecule has 0 aliphatic carbocycles. The molecule has 0 atom stereocenters. The van der Waals surface area contributed by atoms with Crippen molar-refractivity contribution in [1.82, 2.24) is 0 Å². The van der Waals surface area contributed by atoms with Crippen molar-refractivity contribution >= 4 is 6.21 Å². The molecule has 5 heteroatoms. The summed E-state index contributed by atoms with van der Waals surface area (Å²) >= 11 is 0. The molecule has 0 saturated heterocycles. The third-order valence-corrected chi connectivity index (χ3v) is 1.50. The SMILES string of the molecule is COc1ccc(F)c(F)c1/C=N\O. The summed E-state index contributed by atoms with van der Waals surface area (Å²) in [7, 11) is 1.31. The molecule has 1 aromatic rings. The minimum Gasteiger partial charge on any atom is -0.496 e. The fourth-order valence-corrected chi connectivity index (χ4v) is 0.905. The number of methoxy groups -OCH3 is 1. The highest BCUT2D eigenvalue weighted by atomic mass is 19.2. The van der Waals surface area contributed by atoms with E-state index in [1.807, 2.05) is 0 Å². The highest BCUT2D eigenvalue weighted by molar-refractivity contribution is 5.83. The van der Waals surface area contributed by atoms with E-state index in [0.717, 1.165) is 12.3 Å². The lowest BCUT2D eigenvalue weighted by atomic mass is 10.2. The van der Waals surface area contributed by atoms with E-state index in [4.69, 9.17) is 9.94 Å². The maximum absolute atomic E-state index is 13.0. The summed E-state index contributed by atoms with van der Waals surface area (Å²) in [6.07, 6.45) is 0.775. The number of ether oxygens (including phenoxy) is 1. The van der Waals surface area contributed by atoms with Gasteiger partial charge in [0.1, 0.15) is 5.75 Å². The van der Waals surface area contributed by atoms with Crippen LogP contribution in [0.15, 0.2) is 17.3 Å². The topological polar surface area (TPSA) is 41.8 Å². The molecular weight excluding hydrogens is 180 g/mol. The zero-order chi connectivity index (χ0) is 9.84. The monoisotopic (exact) mass is 187 g/mol. The van der Waals surface area contributed by atoms with Gasteiger partial charge in [-0.1, -0.05) is 5.16 Å². The smallest absolute Gasteiger partial charge is 0.171 e. The van der Waals surface area contributed by atoms with Crippen molar-refractivity contribution in [1.29, 1.82) is 0 Å². The summed E-state index contributed by atoms with van der Waals surface area (Å²) in [5, 5.41) is 10.8. The molecule has 3 nitrogen and oxygen atoms in total. The van der Waals surface area contributed by atoms with Gasteiger partial charge in [-0.2, -0.15) is 0 Å². The van der Waals surface area contributed by atoms with Crippen LogP contribution < -0.4 is 4.74 Å². The van der Waals surface area contributed by atoms with Gasteiger partial charge < -0.3 is 9.94 Å². The van der Waals surface area contributed by atoms with Crippen molar-refractivity contribution in [3.8, 4) is 5.75 Å². The van der Waals surface area contributed by atoms with Crippen LogP contribution in [0.4, 0.5) is 8.78 Å². The molecule has 0 bridgehead atoms.